The number of hydrogen-bond acceptors (Lipinski definition) is 7. The molecule has 2 fully saturated rings. The third kappa shape index (κ3) is 4.53. The van der Waals surface area contributed by atoms with Crippen molar-refractivity contribution in [2.45, 2.75) is 58.3 Å². The van der Waals surface area contributed by atoms with Gasteiger partial charge < -0.3 is 18.0 Å². The van der Waals surface area contributed by atoms with Crippen LogP contribution in [0, 0.1) is 5.92 Å². The van der Waals surface area contributed by atoms with Crippen LogP contribution in [0.25, 0.3) is 0 Å². The highest BCUT2D eigenvalue weighted by Crippen LogP contribution is 2.42. The van der Waals surface area contributed by atoms with E-state index >= 15 is 0 Å². The topological polar surface area (TPSA) is 91.4 Å². The molecule has 2 aliphatic rings. The highest BCUT2D eigenvalue weighted by atomic mass is 28.4. The molecule has 1 aliphatic heterocycles. The molecule has 1 aliphatic carbocycles. The van der Waals surface area contributed by atoms with Crippen LogP contribution in [-0.4, -0.2) is 38.9 Å². The molecule has 1 saturated heterocycles. The van der Waals surface area contributed by atoms with E-state index in [1.807, 2.05) is 0 Å². The summed E-state index contributed by atoms with van der Waals surface area (Å²) in [6.45, 7) is 3.61. The number of carbonyl (C=O) groups excluding carboxylic acids is 3. The summed E-state index contributed by atoms with van der Waals surface area (Å²) in [6, 6.07) is 0.262. The summed E-state index contributed by atoms with van der Waals surface area (Å²) in [5.41, 5.74) is 0. The molecule has 0 N–H and O–H groups in total. The van der Waals surface area contributed by atoms with Crippen LogP contribution in [0.5, 0.6) is 0 Å². The first kappa shape index (κ1) is 16.0. The minimum absolute atomic E-state index is 0.151. The van der Waals surface area contributed by atoms with Crippen LogP contribution in [0.3, 0.4) is 0 Å². The molecule has 7 nitrogen and oxygen atoms in total. The van der Waals surface area contributed by atoms with E-state index in [2.05, 4.69) is 0 Å². The van der Waals surface area contributed by atoms with Gasteiger partial charge in [0.05, 0.1) is 18.3 Å². The van der Waals surface area contributed by atoms with Gasteiger partial charge in [0.25, 0.3) is 17.9 Å². The summed E-state index contributed by atoms with van der Waals surface area (Å²) in [7, 11) is -3.69. The van der Waals surface area contributed by atoms with E-state index in [1.54, 1.807) is 0 Å². The third-order valence-corrected chi connectivity index (χ3v) is 6.42. The monoisotopic (exact) mass is 316 g/mol. The summed E-state index contributed by atoms with van der Waals surface area (Å²) in [4.78, 5) is 34.0. The summed E-state index contributed by atoms with van der Waals surface area (Å²) in [5, 5.41) is 0. The van der Waals surface area contributed by atoms with Crippen LogP contribution < -0.4 is 0 Å². The van der Waals surface area contributed by atoms with Gasteiger partial charge in [-0.25, -0.2) is 0 Å². The Kier molecular flexibility index (Phi) is 4.67. The lowest BCUT2D eigenvalue weighted by Gasteiger charge is -2.30. The molecule has 118 valence electrons. The normalized spacial score (nSPS) is 27.3. The van der Waals surface area contributed by atoms with Gasteiger partial charge in [0, 0.05) is 20.8 Å². The number of fused-ring (bicyclic) bond motifs is 1. The zero-order valence-electron chi connectivity index (χ0n) is 12.4. The van der Waals surface area contributed by atoms with E-state index in [0.717, 1.165) is 19.3 Å². The molecule has 3 unspecified atom stereocenters. The Morgan fingerprint density at radius 2 is 1.48 bits per heavy atom. The van der Waals surface area contributed by atoms with Gasteiger partial charge in [-0.2, -0.15) is 0 Å². The average Bonchev–Trinajstić information content (AvgIpc) is 3.03. The third-order valence-electron chi connectivity index (χ3n) is 3.55. The highest BCUT2D eigenvalue weighted by molar-refractivity contribution is 6.65. The Hall–Kier alpha value is -1.41. The first-order valence-corrected chi connectivity index (χ1v) is 8.97. The van der Waals surface area contributed by atoms with Crippen LogP contribution >= 0.6 is 0 Å². The first-order chi connectivity index (χ1) is 9.79. The van der Waals surface area contributed by atoms with E-state index < -0.39 is 26.7 Å². The Bertz CT molecular complexity index is 409. The molecule has 1 saturated carbocycles. The predicted octanol–water partition coefficient (Wildman–Crippen LogP) is 1.18. The Morgan fingerprint density at radius 1 is 0.952 bits per heavy atom. The van der Waals surface area contributed by atoms with Crippen molar-refractivity contribution in [3.05, 3.63) is 0 Å². The zero-order chi connectivity index (χ0) is 15.6. The second-order valence-electron chi connectivity index (χ2n) is 5.56. The molecule has 0 bridgehead atoms. The standard InChI is InChI=1S/C13H20O7Si/c1-8(14)18-21(19-9(2)15,20-10(3)16)7-11-4-5-12-13(6-11)17-12/h11-13H,4-7H2,1-3H3. The van der Waals surface area contributed by atoms with Crippen molar-refractivity contribution in [2.24, 2.45) is 5.92 Å². The van der Waals surface area contributed by atoms with Crippen LogP contribution in [0.4, 0.5) is 0 Å². The number of carbonyl (C=O) groups is 3. The van der Waals surface area contributed by atoms with Gasteiger partial charge in [0.2, 0.25) is 0 Å². The number of epoxide rings is 1. The molecule has 1 heterocycles. The Morgan fingerprint density at radius 3 is 1.90 bits per heavy atom. The summed E-state index contributed by atoms with van der Waals surface area (Å²) in [6.07, 6.45) is 3.19. The van der Waals surface area contributed by atoms with Crippen molar-refractivity contribution >= 4 is 26.7 Å². The molecule has 0 amide bonds. The van der Waals surface area contributed by atoms with Gasteiger partial charge in [-0.15, -0.1) is 0 Å². The lowest BCUT2D eigenvalue weighted by atomic mass is 9.91. The predicted molar refractivity (Wildman–Crippen MR) is 71.9 cm³/mol. The van der Waals surface area contributed by atoms with Crippen molar-refractivity contribution < 1.29 is 32.4 Å². The lowest BCUT2D eigenvalue weighted by molar-refractivity contribution is -0.148. The minimum atomic E-state index is -3.69. The molecule has 0 radical (unpaired) electrons. The van der Waals surface area contributed by atoms with Crippen LogP contribution in [0.1, 0.15) is 40.0 Å². The van der Waals surface area contributed by atoms with Crippen LogP contribution in [-0.2, 0) is 32.4 Å². The van der Waals surface area contributed by atoms with Crippen LogP contribution in [0.2, 0.25) is 6.04 Å². The molecule has 0 spiro atoms. The van der Waals surface area contributed by atoms with Gasteiger partial charge in [-0.3, -0.25) is 14.4 Å². The van der Waals surface area contributed by atoms with E-state index in [1.165, 1.54) is 20.8 Å². The first-order valence-electron chi connectivity index (χ1n) is 7.04. The van der Waals surface area contributed by atoms with E-state index in [0.29, 0.717) is 6.10 Å². The number of hydrogen-bond donors (Lipinski definition) is 0. The number of ether oxygens (including phenoxy) is 1. The molecule has 0 aromatic rings. The van der Waals surface area contributed by atoms with E-state index in [-0.39, 0.29) is 18.1 Å². The molecule has 8 heteroatoms. The second kappa shape index (κ2) is 6.14. The largest absolute Gasteiger partial charge is 0.705 e. The molecular weight excluding hydrogens is 296 g/mol. The van der Waals surface area contributed by atoms with Crippen molar-refractivity contribution in [1.29, 1.82) is 0 Å². The molecular formula is C13H20O7Si. The van der Waals surface area contributed by atoms with Crippen LogP contribution in [0.15, 0.2) is 0 Å². The summed E-state index contributed by atoms with van der Waals surface area (Å²) < 4.78 is 21.0. The van der Waals surface area contributed by atoms with Gasteiger partial charge >= 0.3 is 8.80 Å². The van der Waals surface area contributed by atoms with Crippen molar-refractivity contribution in [2.75, 3.05) is 0 Å². The summed E-state index contributed by atoms with van der Waals surface area (Å²) >= 11 is 0. The molecule has 0 aromatic heterocycles. The van der Waals surface area contributed by atoms with Gasteiger partial charge in [-0.1, -0.05) is 0 Å². The fraction of sp³-hybridized carbons (Fsp3) is 0.769. The quantitative estimate of drug-likeness (QED) is 0.555. The van der Waals surface area contributed by atoms with Gasteiger partial charge in [0.15, 0.2) is 0 Å². The Balaban J connectivity index is 2.11. The van der Waals surface area contributed by atoms with Crippen molar-refractivity contribution in [3.63, 3.8) is 0 Å². The maximum absolute atomic E-state index is 11.3. The summed E-state index contributed by atoms with van der Waals surface area (Å²) in [5.74, 6) is -1.72. The maximum Gasteiger partial charge on any atom is 0.705 e. The number of rotatable bonds is 5. The zero-order valence-corrected chi connectivity index (χ0v) is 13.4. The molecule has 21 heavy (non-hydrogen) atoms. The smallest absolute Gasteiger partial charge is 0.455 e. The molecule has 0 aromatic carbocycles. The SMILES string of the molecule is CC(=O)O[Si](CC1CCC2OC2C1)(OC(C)=O)OC(C)=O. The maximum atomic E-state index is 11.3. The molecule has 2 rings (SSSR count). The van der Waals surface area contributed by atoms with Gasteiger partial charge in [0.1, 0.15) is 0 Å². The van der Waals surface area contributed by atoms with E-state index in [9.17, 15) is 14.4 Å². The average molecular weight is 316 g/mol. The van der Waals surface area contributed by atoms with E-state index in [4.69, 9.17) is 18.0 Å². The second-order valence-corrected chi connectivity index (χ2v) is 7.95. The lowest BCUT2D eigenvalue weighted by Crippen LogP contribution is -2.51. The van der Waals surface area contributed by atoms with Crippen molar-refractivity contribution in [1.82, 2.24) is 0 Å². The Labute approximate surface area is 124 Å². The fourth-order valence-corrected chi connectivity index (χ4v) is 5.64. The van der Waals surface area contributed by atoms with Crippen molar-refractivity contribution in [3.8, 4) is 0 Å². The minimum Gasteiger partial charge on any atom is -0.455 e. The van der Waals surface area contributed by atoms with Gasteiger partial charge in [-0.05, 0) is 25.2 Å². The molecule has 3 atom stereocenters. The highest BCUT2D eigenvalue weighted by Gasteiger charge is 2.55. The fourth-order valence-electron chi connectivity index (χ4n) is 2.87.